The highest BCUT2D eigenvalue weighted by molar-refractivity contribution is 8.00. The van der Waals surface area contributed by atoms with E-state index in [1.54, 1.807) is 114 Å². The summed E-state index contributed by atoms with van der Waals surface area (Å²) in [7, 11) is 0. The molecule has 38 fully saturated rings. The topological polar surface area (TPSA) is 73.5 Å². The Morgan fingerprint density at radius 2 is 0.723 bits per heavy atom. The van der Waals surface area contributed by atoms with Crippen LogP contribution in [-0.4, -0.2) is 146 Å². The van der Waals surface area contributed by atoms with E-state index in [0.29, 0.717) is 72.6 Å². The highest BCUT2D eigenvalue weighted by Gasteiger charge is 2.73. The standard InChI is InChI=1S/C126H189N9OS/c1-3-24-73(25-4-1)119-101-70-76-51-59-103(101)128-125(129-119)134-106-45-18-12-37-92(106)115-117-94-38-13-19-46-112(94)136-123(117)114-86(40-23-41-96(114)122(115)134)81-50-58-93-111(71-81)135(121-89-34-7-8-35-90(89)124-118(116(93)121)95-39-14-20-47-113(95)137-124)126-127-102-42-15-9-36-91(102)120(130-126)82-28-21-26-74(64-82)75-27-22-31-85(65-75)133-105-44-17-11-33-88(105)98-67-78(53-61-108(98)133)80-55-63-110-100(69-80)99-68-79(54-62-109(99)131(110)83-29-5-2-6-30-83)77-52-60-107-97(66-77)87-32-10-16-43-104(87)132(107)84-56-48-72(76)49-57-84/h1-6,24-25,29-30,72,74-82,84-130H,7-23,26-28,31-71H2. The Morgan fingerprint density at radius 1 is 0.248 bits per heavy atom. The first kappa shape index (κ1) is 89.2. The second-order valence-electron chi connectivity index (χ2n) is 57.1. The molecule has 19 aliphatic carbocycles. The van der Waals surface area contributed by atoms with Crippen LogP contribution in [0.5, 0.6) is 0 Å². The van der Waals surface area contributed by atoms with Crippen molar-refractivity contribution in [2.45, 2.75) is 524 Å². The molecule has 0 amide bonds. The summed E-state index contributed by atoms with van der Waals surface area (Å²) < 4.78 is 8.35. The van der Waals surface area contributed by atoms with Gasteiger partial charge in [0, 0.05) is 113 Å². The smallest absolute Gasteiger partial charge is 0.115 e. The SMILES string of the molecule is c1ccc(C2NC3NC4CCC(CC42)C2CCC(CC2)N2C4CCCCC4C4CC(CCC42)C2CCC4C(C2)C2CC(CCC2N4c2ccccc2)C2CCC4C(C2)C2CCCCC2N4C2CCCC(C2)C2CCCC(C2)C2NC(NC4CCCCC42)N2C4CC(CCC4C4C5C6CCCCC6SC5C5CCCCC5C42)C2CCCC4C2C2OC5CCCCC5C2C2C5CCCCC5N3C42)cc1. The molecule has 53 unspecified atom stereocenters. The van der Waals surface area contributed by atoms with Crippen molar-refractivity contribution < 1.29 is 4.74 Å². The molecule has 750 valence electrons. The summed E-state index contributed by atoms with van der Waals surface area (Å²) in [5.41, 5.74) is 3.21. The Morgan fingerprint density at radius 3 is 1.45 bits per heavy atom. The van der Waals surface area contributed by atoms with Crippen LogP contribution < -0.4 is 26.2 Å². The van der Waals surface area contributed by atoms with Crippen LogP contribution in [0.2, 0.25) is 0 Å². The normalized spacial score (nSPS) is 57.0. The zero-order valence-electron chi connectivity index (χ0n) is 85.6. The molecule has 0 radical (unpaired) electrons. The maximum Gasteiger partial charge on any atom is 0.115 e. The highest BCUT2D eigenvalue weighted by Crippen LogP contribution is 2.73. The molecule has 4 N–H and O–H groups in total. The highest BCUT2D eigenvalue weighted by atomic mass is 32.2. The van der Waals surface area contributed by atoms with Crippen LogP contribution in [0.3, 0.4) is 0 Å². The fourth-order valence-electron chi connectivity index (χ4n) is 49.0. The zero-order chi connectivity index (χ0) is 89.1. The summed E-state index contributed by atoms with van der Waals surface area (Å²) in [5.74, 6) is 27.3. The van der Waals surface area contributed by atoms with Gasteiger partial charge in [0.1, 0.15) is 12.6 Å². The van der Waals surface area contributed by atoms with Crippen LogP contribution in [0.4, 0.5) is 5.69 Å². The Kier molecular flexibility index (Phi) is 23.8. The Balaban J connectivity index is 0.488. The molecule has 30 bridgehead atoms. The third-order valence-electron chi connectivity index (χ3n) is 53.1. The first-order valence-corrected chi connectivity index (χ1v) is 64.2. The molecule has 19 saturated heterocycles. The van der Waals surface area contributed by atoms with Gasteiger partial charge in [0.2, 0.25) is 0 Å². The van der Waals surface area contributed by atoms with Gasteiger partial charge >= 0.3 is 0 Å². The lowest BCUT2D eigenvalue weighted by Gasteiger charge is -2.59. The molecule has 19 heterocycles. The minimum atomic E-state index is 0.254. The molecule has 11 heteroatoms. The number of fused-ring (bicyclic) bond motifs is 18. The van der Waals surface area contributed by atoms with E-state index in [0.717, 1.165) is 236 Å². The minimum absolute atomic E-state index is 0.254. The van der Waals surface area contributed by atoms with E-state index in [4.69, 9.17) is 26.0 Å². The van der Waals surface area contributed by atoms with Crippen molar-refractivity contribution in [3.8, 4) is 0 Å². The number of thioether (sulfide) groups is 1. The number of rotatable bonds is 2. The quantitative estimate of drug-likeness (QED) is 0.232. The third kappa shape index (κ3) is 14.6. The molecule has 53 atom stereocenters. The van der Waals surface area contributed by atoms with Gasteiger partial charge in [-0.2, -0.15) is 11.8 Å². The predicted molar refractivity (Wildman–Crippen MR) is 556 cm³/mol. The Labute approximate surface area is 835 Å². The van der Waals surface area contributed by atoms with Crippen molar-refractivity contribution >= 4 is 17.4 Å². The van der Waals surface area contributed by atoms with Gasteiger partial charge in [0.05, 0.1) is 12.2 Å². The lowest BCUT2D eigenvalue weighted by molar-refractivity contribution is -0.141. The third-order valence-corrected chi connectivity index (χ3v) is 55.0. The van der Waals surface area contributed by atoms with E-state index < -0.39 is 0 Å². The van der Waals surface area contributed by atoms with Gasteiger partial charge in [-0.1, -0.05) is 171 Å². The van der Waals surface area contributed by atoms with Gasteiger partial charge < -0.3 is 9.64 Å². The van der Waals surface area contributed by atoms with Crippen molar-refractivity contribution in [1.29, 1.82) is 0 Å². The van der Waals surface area contributed by atoms with E-state index in [1.807, 2.05) is 0 Å². The van der Waals surface area contributed by atoms with Gasteiger partial charge in [-0.15, -0.1) is 0 Å². The number of anilines is 1. The predicted octanol–water partition coefficient (Wildman–Crippen LogP) is 26.4. The van der Waals surface area contributed by atoms with E-state index in [-0.39, 0.29) is 6.29 Å². The van der Waals surface area contributed by atoms with E-state index in [9.17, 15) is 0 Å². The lowest BCUT2D eigenvalue weighted by Crippen LogP contribution is -2.73. The van der Waals surface area contributed by atoms with E-state index in [2.05, 4.69) is 96.9 Å². The molecule has 40 rings (SSSR count). The number of nitrogens with one attached hydrogen (secondary N) is 4. The van der Waals surface area contributed by atoms with E-state index in [1.165, 1.54) is 289 Å². The van der Waals surface area contributed by atoms with Crippen LogP contribution in [-0.2, 0) is 4.74 Å². The van der Waals surface area contributed by atoms with Crippen LogP contribution in [0.25, 0.3) is 0 Å². The lowest BCUT2D eigenvalue weighted by atomic mass is 9.49. The summed E-state index contributed by atoms with van der Waals surface area (Å²) in [5, 5.41) is 21.8. The molecular weight excluding hydrogens is 1690 g/mol. The van der Waals surface area contributed by atoms with Gasteiger partial charge in [-0.25, -0.2) is 0 Å². The summed E-state index contributed by atoms with van der Waals surface area (Å²) >= 11 is 2.68. The summed E-state index contributed by atoms with van der Waals surface area (Å²) in [6.45, 7) is 0. The van der Waals surface area contributed by atoms with Crippen molar-refractivity contribution in [2.24, 2.45) is 183 Å². The maximum absolute atomic E-state index is 8.35. The molecule has 19 aliphatic heterocycles. The average molecular weight is 1880 g/mol. The van der Waals surface area contributed by atoms with Gasteiger partial charge in [0.15, 0.2) is 0 Å². The summed E-state index contributed by atoms with van der Waals surface area (Å²) in [6, 6.07) is 36.7. The van der Waals surface area contributed by atoms with Crippen molar-refractivity contribution in [1.82, 2.24) is 40.9 Å². The zero-order valence-corrected chi connectivity index (χ0v) is 86.4. The monoisotopic (exact) mass is 1880 g/mol. The number of nitrogens with zero attached hydrogens (tertiary/aromatic N) is 5. The average Bonchev–Trinajstić information content (AvgIpc) is 1.52. The largest absolute Gasteiger partial charge is 0.374 e. The number of ether oxygens (including phenoxy) is 1. The molecule has 2 aromatic carbocycles. The minimum Gasteiger partial charge on any atom is -0.374 e. The van der Waals surface area contributed by atoms with Crippen LogP contribution >= 0.6 is 11.8 Å². The van der Waals surface area contributed by atoms with Crippen molar-refractivity contribution in [3.05, 3.63) is 66.2 Å². The molecule has 0 aromatic heterocycles. The molecule has 137 heavy (non-hydrogen) atoms. The summed E-state index contributed by atoms with van der Waals surface area (Å²) in [4.78, 5) is 17.2. The second kappa shape index (κ2) is 36.6. The Hall–Kier alpha value is -1.77. The molecule has 2 aromatic rings. The van der Waals surface area contributed by atoms with Gasteiger partial charge in [0.25, 0.3) is 0 Å². The summed E-state index contributed by atoms with van der Waals surface area (Å²) in [6.07, 6.45) is 93.5. The fraction of sp³-hybridized carbons (Fsp3) is 0.905. The maximum atomic E-state index is 8.35. The fourth-order valence-corrected chi connectivity index (χ4v) is 51.3. The number of para-hydroxylation sites is 1. The van der Waals surface area contributed by atoms with Crippen molar-refractivity contribution in [3.63, 3.8) is 0 Å². The molecule has 0 spiro atoms. The van der Waals surface area contributed by atoms with Crippen LogP contribution in [0.1, 0.15) is 403 Å². The van der Waals surface area contributed by atoms with Crippen LogP contribution in [0, 0.1) is 183 Å². The molecular formula is C126H189N9OS. The molecule has 38 aliphatic rings. The molecule has 10 nitrogen and oxygen atoms in total. The number of benzene rings is 2. The molecule has 19 saturated carbocycles. The van der Waals surface area contributed by atoms with Gasteiger partial charge in [-0.3, -0.25) is 40.9 Å². The number of hydrogen-bond acceptors (Lipinski definition) is 11. The van der Waals surface area contributed by atoms with Crippen LogP contribution in [0.15, 0.2) is 60.7 Å². The first-order valence-electron chi connectivity index (χ1n) is 63.3. The number of hydrogen-bond donors (Lipinski definition) is 4. The second-order valence-corrected chi connectivity index (χ2v) is 58.6. The first-order chi connectivity index (χ1) is 67.9. The van der Waals surface area contributed by atoms with Gasteiger partial charge in [-0.05, 0) is 471 Å². The van der Waals surface area contributed by atoms with E-state index >= 15 is 0 Å². The Bertz CT molecular complexity index is 4520. The van der Waals surface area contributed by atoms with Crippen molar-refractivity contribution in [2.75, 3.05) is 4.90 Å².